The fourth-order valence-electron chi connectivity index (χ4n) is 2.31. The molecule has 2 rings (SSSR count). The Labute approximate surface area is 116 Å². The van der Waals surface area contributed by atoms with Crippen LogP contribution >= 0.6 is 11.3 Å². The molecule has 1 unspecified atom stereocenters. The summed E-state index contributed by atoms with van der Waals surface area (Å²) in [7, 11) is 0. The molecular weight excluding hydrogens is 264 g/mol. The highest BCUT2D eigenvalue weighted by molar-refractivity contribution is 7.11. The van der Waals surface area contributed by atoms with E-state index in [2.05, 4.69) is 17.2 Å². The van der Waals surface area contributed by atoms with Gasteiger partial charge in [-0.1, -0.05) is 6.92 Å². The van der Waals surface area contributed by atoms with Crippen molar-refractivity contribution >= 4 is 23.2 Å². The van der Waals surface area contributed by atoms with Gasteiger partial charge in [0.15, 0.2) is 5.69 Å². The molecule has 0 aliphatic heterocycles. The van der Waals surface area contributed by atoms with Crippen molar-refractivity contribution in [1.29, 1.82) is 0 Å². The number of carboxylic acids is 1. The molecule has 0 bridgehead atoms. The number of carbonyl (C=O) groups is 2. The SMILES string of the molecule is Cc1sc(C(C)NC(=O)C2CC(C)C2)nc1C(=O)O. The van der Waals surface area contributed by atoms with E-state index in [0.29, 0.717) is 15.8 Å². The first kappa shape index (κ1) is 14.0. The lowest BCUT2D eigenvalue weighted by molar-refractivity contribution is -0.129. The maximum atomic E-state index is 11.9. The van der Waals surface area contributed by atoms with Gasteiger partial charge in [-0.05, 0) is 32.6 Å². The molecule has 0 radical (unpaired) electrons. The van der Waals surface area contributed by atoms with E-state index in [4.69, 9.17) is 5.11 Å². The van der Waals surface area contributed by atoms with Crippen molar-refractivity contribution in [1.82, 2.24) is 10.3 Å². The molecule has 1 amide bonds. The number of nitrogens with one attached hydrogen (secondary N) is 1. The molecule has 5 nitrogen and oxygen atoms in total. The lowest BCUT2D eigenvalue weighted by atomic mass is 9.75. The first-order chi connectivity index (χ1) is 8.88. The number of aryl methyl sites for hydroxylation is 1. The molecular formula is C13H18N2O3S. The predicted molar refractivity (Wildman–Crippen MR) is 72.3 cm³/mol. The Bertz CT molecular complexity index is 506. The maximum Gasteiger partial charge on any atom is 0.355 e. The van der Waals surface area contributed by atoms with E-state index >= 15 is 0 Å². The summed E-state index contributed by atoms with van der Waals surface area (Å²) < 4.78 is 0. The molecule has 1 atom stereocenters. The summed E-state index contributed by atoms with van der Waals surface area (Å²) in [5, 5.41) is 12.5. The second-order valence-corrected chi connectivity index (χ2v) is 6.50. The standard InChI is InChI=1S/C13H18N2O3S/c1-6-4-9(5-6)11(16)14-7(2)12-15-10(13(17)18)8(3)19-12/h6-7,9H,4-5H2,1-3H3,(H,14,16)(H,17,18). The third-order valence-corrected chi connectivity index (χ3v) is 4.64. The van der Waals surface area contributed by atoms with E-state index in [1.165, 1.54) is 11.3 Å². The summed E-state index contributed by atoms with van der Waals surface area (Å²) in [4.78, 5) is 27.6. The molecule has 1 fully saturated rings. The summed E-state index contributed by atoms with van der Waals surface area (Å²) in [6.45, 7) is 5.70. The Morgan fingerprint density at radius 2 is 2.11 bits per heavy atom. The minimum absolute atomic E-state index is 0.0512. The minimum Gasteiger partial charge on any atom is -0.476 e. The van der Waals surface area contributed by atoms with Crippen molar-refractivity contribution < 1.29 is 14.7 Å². The fourth-order valence-corrected chi connectivity index (χ4v) is 3.23. The maximum absolute atomic E-state index is 11.9. The Morgan fingerprint density at radius 3 is 2.58 bits per heavy atom. The van der Waals surface area contributed by atoms with Crippen LogP contribution in [-0.4, -0.2) is 22.0 Å². The number of hydrogen-bond acceptors (Lipinski definition) is 4. The van der Waals surface area contributed by atoms with Crippen LogP contribution in [0, 0.1) is 18.8 Å². The number of amides is 1. The Kier molecular flexibility index (Phi) is 3.89. The van der Waals surface area contributed by atoms with Gasteiger partial charge in [-0.25, -0.2) is 9.78 Å². The molecule has 0 spiro atoms. The fraction of sp³-hybridized carbons (Fsp3) is 0.615. The van der Waals surface area contributed by atoms with Crippen molar-refractivity contribution in [2.24, 2.45) is 11.8 Å². The predicted octanol–water partition coefficient (Wildman–Crippen LogP) is 2.37. The second kappa shape index (κ2) is 5.28. The van der Waals surface area contributed by atoms with Crippen LogP contribution in [0.4, 0.5) is 0 Å². The molecule has 1 aromatic heterocycles. The summed E-state index contributed by atoms with van der Waals surface area (Å²) in [5.41, 5.74) is 0.0818. The molecule has 1 aliphatic rings. The molecule has 0 saturated heterocycles. The monoisotopic (exact) mass is 282 g/mol. The van der Waals surface area contributed by atoms with Gasteiger partial charge in [-0.2, -0.15) is 0 Å². The number of carboxylic acid groups (broad SMARTS) is 1. The van der Waals surface area contributed by atoms with Gasteiger partial charge in [0.05, 0.1) is 6.04 Å². The molecule has 0 aromatic carbocycles. The number of carbonyl (C=O) groups excluding carboxylic acids is 1. The van der Waals surface area contributed by atoms with Crippen LogP contribution in [0.2, 0.25) is 0 Å². The molecule has 1 aliphatic carbocycles. The molecule has 6 heteroatoms. The Hall–Kier alpha value is -1.43. The van der Waals surface area contributed by atoms with E-state index in [9.17, 15) is 9.59 Å². The summed E-state index contributed by atoms with van der Waals surface area (Å²) >= 11 is 1.32. The topological polar surface area (TPSA) is 79.3 Å². The molecule has 2 N–H and O–H groups in total. The number of aromatic nitrogens is 1. The third-order valence-electron chi connectivity index (χ3n) is 3.49. The van der Waals surface area contributed by atoms with E-state index in [1.807, 2.05) is 6.92 Å². The van der Waals surface area contributed by atoms with Crippen molar-refractivity contribution in [3.8, 4) is 0 Å². The van der Waals surface area contributed by atoms with Gasteiger partial charge in [0, 0.05) is 10.8 Å². The normalized spacial score (nSPS) is 23.5. The van der Waals surface area contributed by atoms with Gasteiger partial charge in [0.1, 0.15) is 5.01 Å². The smallest absolute Gasteiger partial charge is 0.355 e. The zero-order valence-corrected chi connectivity index (χ0v) is 12.1. The van der Waals surface area contributed by atoms with Crippen LogP contribution in [0.25, 0.3) is 0 Å². The number of hydrogen-bond donors (Lipinski definition) is 2. The third kappa shape index (κ3) is 2.94. The number of aromatic carboxylic acids is 1. The van der Waals surface area contributed by atoms with E-state index < -0.39 is 5.97 Å². The first-order valence-electron chi connectivity index (χ1n) is 6.39. The van der Waals surface area contributed by atoms with Gasteiger partial charge in [0.25, 0.3) is 0 Å². The van der Waals surface area contributed by atoms with E-state index in [-0.39, 0.29) is 23.6 Å². The lowest BCUT2D eigenvalue weighted by Gasteiger charge is -2.32. The Balaban J connectivity index is 1.99. The van der Waals surface area contributed by atoms with Gasteiger partial charge < -0.3 is 10.4 Å². The van der Waals surface area contributed by atoms with Gasteiger partial charge in [0.2, 0.25) is 5.91 Å². The molecule has 19 heavy (non-hydrogen) atoms. The highest BCUT2D eigenvalue weighted by Crippen LogP contribution is 2.33. The van der Waals surface area contributed by atoms with Crippen LogP contribution in [0.3, 0.4) is 0 Å². The average molecular weight is 282 g/mol. The van der Waals surface area contributed by atoms with Crippen LogP contribution < -0.4 is 5.32 Å². The molecule has 1 saturated carbocycles. The average Bonchev–Trinajstić information content (AvgIpc) is 2.67. The number of rotatable bonds is 4. The van der Waals surface area contributed by atoms with Crippen molar-refractivity contribution in [2.45, 2.75) is 39.7 Å². The molecule has 1 aromatic rings. The van der Waals surface area contributed by atoms with Crippen molar-refractivity contribution in [2.75, 3.05) is 0 Å². The summed E-state index contributed by atoms with van der Waals surface area (Å²) in [6, 6.07) is -0.236. The van der Waals surface area contributed by atoms with Crippen molar-refractivity contribution in [3.63, 3.8) is 0 Å². The number of thiazole rings is 1. The zero-order chi connectivity index (χ0) is 14.2. The second-order valence-electron chi connectivity index (χ2n) is 5.27. The lowest BCUT2D eigenvalue weighted by Crippen LogP contribution is -2.39. The van der Waals surface area contributed by atoms with Gasteiger partial charge >= 0.3 is 5.97 Å². The highest BCUT2D eigenvalue weighted by Gasteiger charge is 2.32. The minimum atomic E-state index is -1.02. The van der Waals surface area contributed by atoms with Gasteiger partial charge in [-0.3, -0.25) is 4.79 Å². The largest absolute Gasteiger partial charge is 0.476 e. The highest BCUT2D eigenvalue weighted by atomic mass is 32.1. The van der Waals surface area contributed by atoms with Gasteiger partial charge in [-0.15, -0.1) is 11.3 Å². The summed E-state index contributed by atoms with van der Waals surface area (Å²) in [5.74, 6) is -0.231. The Morgan fingerprint density at radius 1 is 1.47 bits per heavy atom. The van der Waals surface area contributed by atoms with Crippen LogP contribution in [0.5, 0.6) is 0 Å². The van der Waals surface area contributed by atoms with E-state index in [1.54, 1.807) is 6.92 Å². The van der Waals surface area contributed by atoms with Crippen LogP contribution in [-0.2, 0) is 4.79 Å². The van der Waals surface area contributed by atoms with Crippen LogP contribution in [0.15, 0.2) is 0 Å². The molecule has 1 heterocycles. The number of nitrogens with zero attached hydrogens (tertiary/aromatic N) is 1. The quantitative estimate of drug-likeness (QED) is 0.888. The van der Waals surface area contributed by atoms with E-state index in [0.717, 1.165) is 12.8 Å². The zero-order valence-electron chi connectivity index (χ0n) is 11.3. The molecule has 104 valence electrons. The van der Waals surface area contributed by atoms with Crippen molar-refractivity contribution in [3.05, 3.63) is 15.6 Å². The summed E-state index contributed by atoms with van der Waals surface area (Å²) in [6.07, 6.45) is 1.88. The first-order valence-corrected chi connectivity index (χ1v) is 7.21. The van der Waals surface area contributed by atoms with Crippen LogP contribution in [0.1, 0.15) is 53.1 Å².